The van der Waals surface area contributed by atoms with Crippen LogP contribution in [0.4, 0.5) is 0 Å². The summed E-state index contributed by atoms with van der Waals surface area (Å²) >= 11 is 0. The number of nitrogens with one attached hydrogen (secondary N) is 1. The second kappa shape index (κ2) is 9.03. The Morgan fingerprint density at radius 2 is 1.92 bits per heavy atom. The zero-order valence-corrected chi connectivity index (χ0v) is 16.9. The Kier molecular flexibility index (Phi) is 6.74. The fourth-order valence-electron chi connectivity index (χ4n) is 4.79. The molecule has 1 unspecified atom stereocenters. The van der Waals surface area contributed by atoms with E-state index in [-0.39, 0.29) is 5.91 Å². The van der Waals surface area contributed by atoms with Gasteiger partial charge < -0.3 is 10.2 Å². The minimum Gasteiger partial charge on any atom is -0.352 e. The molecule has 2 aliphatic rings. The minimum absolute atomic E-state index is 0.192. The summed E-state index contributed by atoms with van der Waals surface area (Å²) in [5, 5.41) is 7.74. The number of carbonyl (C=O) groups excluding carboxylic acids is 1. The number of piperidine rings is 1. The molecule has 1 saturated carbocycles. The molecule has 0 aromatic carbocycles. The second-order valence-corrected chi connectivity index (χ2v) is 8.44. The average molecular weight is 361 g/mol. The SMILES string of the molecule is Cc1nn(C)c(C)c1CCC(=O)NC1CCCN(CC2CCCCC2)C1. The van der Waals surface area contributed by atoms with Crippen LogP contribution < -0.4 is 5.32 Å². The molecule has 1 N–H and O–H groups in total. The Morgan fingerprint density at radius 3 is 2.62 bits per heavy atom. The summed E-state index contributed by atoms with van der Waals surface area (Å²) in [6.07, 6.45) is 10.7. The van der Waals surface area contributed by atoms with E-state index in [2.05, 4.69) is 22.2 Å². The number of aryl methyl sites for hydroxylation is 2. The Morgan fingerprint density at radius 1 is 1.15 bits per heavy atom. The molecule has 0 bridgehead atoms. The molecular weight excluding hydrogens is 324 g/mol. The van der Waals surface area contributed by atoms with Crippen LogP contribution in [0.5, 0.6) is 0 Å². The van der Waals surface area contributed by atoms with Crippen LogP contribution in [0.15, 0.2) is 0 Å². The molecule has 1 amide bonds. The number of aromatic nitrogens is 2. The molecule has 5 nitrogen and oxygen atoms in total. The third kappa shape index (κ3) is 5.09. The van der Waals surface area contributed by atoms with Crippen molar-refractivity contribution in [1.82, 2.24) is 20.0 Å². The largest absolute Gasteiger partial charge is 0.352 e. The smallest absolute Gasteiger partial charge is 0.220 e. The summed E-state index contributed by atoms with van der Waals surface area (Å²) < 4.78 is 1.91. The van der Waals surface area contributed by atoms with Gasteiger partial charge in [-0.15, -0.1) is 0 Å². The number of rotatable bonds is 6. The maximum Gasteiger partial charge on any atom is 0.220 e. The molecule has 1 saturated heterocycles. The van der Waals surface area contributed by atoms with Gasteiger partial charge >= 0.3 is 0 Å². The maximum absolute atomic E-state index is 12.5. The lowest BCUT2D eigenvalue weighted by Crippen LogP contribution is -2.49. The number of hydrogen-bond donors (Lipinski definition) is 1. The van der Waals surface area contributed by atoms with Crippen LogP contribution in [0.3, 0.4) is 0 Å². The third-order valence-corrected chi connectivity index (χ3v) is 6.37. The van der Waals surface area contributed by atoms with Gasteiger partial charge in [-0.3, -0.25) is 9.48 Å². The van der Waals surface area contributed by atoms with Gasteiger partial charge in [0.05, 0.1) is 5.69 Å². The van der Waals surface area contributed by atoms with E-state index in [1.165, 1.54) is 62.9 Å². The molecule has 5 heteroatoms. The van der Waals surface area contributed by atoms with Crippen molar-refractivity contribution in [2.75, 3.05) is 19.6 Å². The quantitative estimate of drug-likeness (QED) is 0.848. The van der Waals surface area contributed by atoms with E-state index >= 15 is 0 Å². The van der Waals surface area contributed by atoms with E-state index in [1.54, 1.807) is 0 Å². The molecule has 3 rings (SSSR count). The van der Waals surface area contributed by atoms with Gasteiger partial charge in [0.1, 0.15) is 0 Å². The van der Waals surface area contributed by atoms with E-state index < -0.39 is 0 Å². The predicted octanol–water partition coefficient (Wildman–Crippen LogP) is 3.13. The summed E-state index contributed by atoms with van der Waals surface area (Å²) in [4.78, 5) is 15.1. The van der Waals surface area contributed by atoms with Gasteiger partial charge in [0, 0.05) is 38.3 Å². The fourth-order valence-corrected chi connectivity index (χ4v) is 4.79. The lowest BCUT2D eigenvalue weighted by atomic mass is 9.88. The van der Waals surface area contributed by atoms with E-state index in [1.807, 2.05) is 18.7 Å². The Balaban J connectivity index is 1.43. The van der Waals surface area contributed by atoms with Crippen molar-refractivity contribution in [3.63, 3.8) is 0 Å². The van der Waals surface area contributed by atoms with Crippen molar-refractivity contribution < 1.29 is 4.79 Å². The number of amides is 1. The van der Waals surface area contributed by atoms with Crippen LogP contribution in [0.2, 0.25) is 0 Å². The lowest BCUT2D eigenvalue weighted by molar-refractivity contribution is -0.122. The monoisotopic (exact) mass is 360 g/mol. The molecule has 1 atom stereocenters. The Labute approximate surface area is 158 Å². The molecule has 2 fully saturated rings. The van der Waals surface area contributed by atoms with Crippen LogP contribution >= 0.6 is 0 Å². The highest BCUT2D eigenvalue weighted by molar-refractivity contribution is 5.76. The van der Waals surface area contributed by atoms with Gasteiger partial charge in [-0.1, -0.05) is 19.3 Å². The average Bonchev–Trinajstić information content (AvgIpc) is 2.86. The Hall–Kier alpha value is -1.36. The molecule has 1 aromatic heterocycles. The number of nitrogens with zero attached hydrogens (tertiary/aromatic N) is 3. The van der Waals surface area contributed by atoms with Crippen LogP contribution in [0.25, 0.3) is 0 Å². The van der Waals surface area contributed by atoms with E-state index in [0.29, 0.717) is 12.5 Å². The first-order chi connectivity index (χ1) is 12.5. The van der Waals surface area contributed by atoms with Crippen molar-refractivity contribution in [2.24, 2.45) is 13.0 Å². The van der Waals surface area contributed by atoms with Crippen molar-refractivity contribution >= 4 is 5.91 Å². The topological polar surface area (TPSA) is 50.2 Å². The zero-order valence-electron chi connectivity index (χ0n) is 16.9. The van der Waals surface area contributed by atoms with Crippen LogP contribution in [0, 0.1) is 19.8 Å². The zero-order chi connectivity index (χ0) is 18.5. The maximum atomic E-state index is 12.5. The highest BCUT2D eigenvalue weighted by atomic mass is 16.1. The first kappa shape index (κ1) is 19.4. The van der Waals surface area contributed by atoms with E-state index in [4.69, 9.17) is 0 Å². The van der Waals surface area contributed by atoms with Crippen molar-refractivity contribution in [3.8, 4) is 0 Å². The first-order valence-electron chi connectivity index (χ1n) is 10.5. The first-order valence-corrected chi connectivity index (χ1v) is 10.5. The van der Waals surface area contributed by atoms with Crippen LogP contribution in [0.1, 0.15) is 68.3 Å². The molecule has 1 aliphatic carbocycles. The highest BCUT2D eigenvalue weighted by Gasteiger charge is 2.24. The van der Waals surface area contributed by atoms with E-state index in [0.717, 1.165) is 31.0 Å². The van der Waals surface area contributed by atoms with Gasteiger partial charge in [0.25, 0.3) is 0 Å². The number of likely N-dealkylation sites (tertiary alicyclic amines) is 1. The molecule has 146 valence electrons. The second-order valence-electron chi connectivity index (χ2n) is 8.44. The third-order valence-electron chi connectivity index (χ3n) is 6.37. The van der Waals surface area contributed by atoms with Gasteiger partial charge in [0.15, 0.2) is 0 Å². The van der Waals surface area contributed by atoms with Crippen LogP contribution in [-0.4, -0.2) is 46.3 Å². The van der Waals surface area contributed by atoms with E-state index in [9.17, 15) is 4.79 Å². The van der Waals surface area contributed by atoms with Gasteiger partial charge in [-0.25, -0.2) is 0 Å². The lowest BCUT2D eigenvalue weighted by Gasteiger charge is -2.36. The summed E-state index contributed by atoms with van der Waals surface area (Å²) in [6.45, 7) is 7.59. The summed E-state index contributed by atoms with van der Waals surface area (Å²) in [5.74, 6) is 1.08. The number of carbonyl (C=O) groups is 1. The Bertz CT molecular complexity index is 603. The molecule has 0 radical (unpaired) electrons. The minimum atomic E-state index is 0.192. The van der Waals surface area contributed by atoms with Crippen LogP contribution in [-0.2, 0) is 18.3 Å². The summed E-state index contributed by atoms with van der Waals surface area (Å²) in [5.41, 5.74) is 3.45. The molecule has 1 aromatic rings. The normalized spacial score (nSPS) is 22.5. The molecule has 1 aliphatic heterocycles. The highest BCUT2D eigenvalue weighted by Crippen LogP contribution is 2.25. The number of hydrogen-bond acceptors (Lipinski definition) is 3. The van der Waals surface area contributed by atoms with Gasteiger partial charge in [-0.2, -0.15) is 5.10 Å². The summed E-state index contributed by atoms with van der Waals surface area (Å²) in [6, 6.07) is 0.330. The molecule has 0 spiro atoms. The molecule has 2 heterocycles. The predicted molar refractivity (Wildman–Crippen MR) is 105 cm³/mol. The molecule has 26 heavy (non-hydrogen) atoms. The van der Waals surface area contributed by atoms with Crippen molar-refractivity contribution in [3.05, 3.63) is 17.0 Å². The van der Waals surface area contributed by atoms with Gasteiger partial charge in [-0.05, 0) is 64.0 Å². The fraction of sp³-hybridized carbons (Fsp3) is 0.810. The van der Waals surface area contributed by atoms with Crippen molar-refractivity contribution in [1.29, 1.82) is 0 Å². The standard InChI is InChI=1S/C21H36N4O/c1-16-20(17(2)24(3)23-16)11-12-21(26)22-19-10-7-13-25(15-19)14-18-8-5-4-6-9-18/h18-19H,4-15H2,1-3H3,(H,22,26). The molecular formula is C21H36N4O. The van der Waals surface area contributed by atoms with Crippen molar-refractivity contribution in [2.45, 2.75) is 77.7 Å². The summed E-state index contributed by atoms with van der Waals surface area (Å²) in [7, 11) is 1.97. The van der Waals surface area contributed by atoms with Gasteiger partial charge in [0.2, 0.25) is 5.91 Å².